The highest BCUT2D eigenvalue weighted by atomic mass is 16.5. The Morgan fingerprint density at radius 3 is 2.47 bits per heavy atom. The van der Waals surface area contributed by atoms with Gasteiger partial charge in [-0.3, -0.25) is 0 Å². The van der Waals surface area contributed by atoms with Crippen LogP contribution in [-0.2, 0) is 4.74 Å². The summed E-state index contributed by atoms with van der Waals surface area (Å²) in [5, 5.41) is 0. The van der Waals surface area contributed by atoms with Gasteiger partial charge in [0.15, 0.2) is 0 Å². The second-order valence-electron chi connectivity index (χ2n) is 4.91. The Labute approximate surface area is 104 Å². The molecular formula is C15H23NO. The lowest BCUT2D eigenvalue weighted by Crippen LogP contribution is -2.36. The van der Waals surface area contributed by atoms with E-state index in [1.807, 2.05) is 13.0 Å². The molecule has 0 spiro atoms. The zero-order valence-corrected chi connectivity index (χ0v) is 10.6. The average Bonchev–Trinajstić information content (AvgIpc) is 2.90. The smallest absolute Gasteiger partial charge is 0.0978 e. The fourth-order valence-electron chi connectivity index (χ4n) is 2.84. The maximum absolute atomic E-state index is 6.42. The van der Waals surface area contributed by atoms with Crippen molar-refractivity contribution in [1.82, 2.24) is 0 Å². The third kappa shape index (κ3) is 3.08. The molecule has 2 atom stereocenters. The lowest BCUT2D eigenvalue weighted by Gasteiger charge is -2.28. The van der Waals surface area contributed by atoms with E-state index in [4.69, 9.17) is 10.5 Å². The first-order valence-electron chi connectivity index (χ1n) is 6.75. The number of hydrogen-bond donors (Lipinski definition) is 1. The lowest BCUT2D eigenvalue weighted by molar-refractivity contribution is 0.0285. The molecule has 0 radical (unpaired) electrons. The molecule has 1 aliphatic rings. The minimum Gasteiger partial charge on any atom is -0.372 e. The molecule has 0 aromatic heterocycles. The second-order valence-corrected chi connectivity index (χ2v) is 4.91. The summed E-state index contributed by atoms with van der Waals surface area (Å²) in [5.74, 6) is 0.631. The maximum atomic E-state index is 6.42. The summed E-state index contributed by atoms with van der Waals surface area (Å²) in [7, 11) is 0. The summed E-state index contributed by atoms with van der Waals surface area (Å²) in [5.41, 5.74) is 7.63. The molecular weight excluding hydrogens is 210 g/mol. The van der Waals surface area contributed by atoms with Gasteiger partial charge in [0.05, 0.1) is 6.10 Å². The van der Waals surface area contributed by atoms with Crippen LogP contribution in [0, 0.1) is 5.92 Å². The maximum Gasteiger partial charge on any atom is 0.0978 e. The molecule has 1 fully saturated rings. The number of ether oxygens (including phenoxy) is 1. The van der Waals surface area contributed by atoms with Crippen molar-refractivity contribution in [3.63, 3.8) is 0 Å². The minimum absolute atomic E-state index is 0.0595. The molecule has 1 aliphatic carbocycles. The summed E-state index contributed by atoms with van der Waals surface area (Å²) < 4.78 is 5.88. The summed E-state index contributed by atoms with van der Waals surface area (Å²) in [6.45, 7) is 2.76. The second kappa shape index (κ2) is 6.18. The molecule has 1 saturated carbocycles. The highest BCUT2D eigenvalue weighted by Crippen LogP contribution is 2.33. The molecule has 0 heterocycles. The number of benzene rings is 1. The Kier molecular flexibility index (Phi) is 4.57. The Hall–Kier alpha value is -0.860. The summed E-state index contributed by atoms with van der Waals surface area (Å²) in [6.07, 6.45) is 5.23. The van der Waals surface area contributed by atoms with Crippen LogP contribution >= 0.6 is 0 Å². The molecule has 1 aromatic carbocycles. The number of nitrogens with two attached hydrogens (primary N) is 1. The van der Waals surface area contributed by atoms with Crippen LogP contribution < -0.4 is 5.73 Å². The topological polar surface area (TPSA) is 35.2 Å². The zero-order chi connectivity index (χ0) is 12.1. The monoisotopic (exact) mass is 233 g/mol. The van der Waals surface area contributed by atoms with Gasteiger partial charge in [0.1, 0.15) is 0 Å². The van der Waals surface area contributed by atoms with Gasteiger partial charge in [-0.25, -0.2) is 0 Å². The van der Waals surface area contributed by atoms with E-state index in [1.54, 1.807) is 0 Å². The van der Waals surface area contributed by atoms with Crippen LogP contribution in [0.5, 0.6) is 0 Å². The molecule has 0 aliphatic heterocycles. The normalized spacial score (nSPS) is 20.4. The Morgan fingerprint density at radius 2 is 1.88 bits per heavy atom. The van der Waals surface area contributed by atoms with E-state index >= 15 is 0 Å². The van der Waals surface area contributed by atoms with Crippen molar-refractivity contribution < 1.29 is 4.74 Å². The van der Waals surface area contributed by atoms with E-state index in [9.17, 15) is 0 Å². The Morgan fingerprint density at radius 1 is 1.24 bits per heavy atom. The Balaban J connectivity index is 2.10. The van der Waals surface area contributed by atoms with Gasteiger partial charge in [0, 0.05) is 12.6 Å². The van der Waals surface area contributed by atoms with Crippen molar-refractivity contribution in [3.8, 4) is 0 Å². The fraction of sp³-hybridized carbons (Fsp3) is 0.600. The molecule has 17 heavy (non-hydrogen) atoms. The van der Waals surface area contributed by atoms with Crippen LogP contribution in [-0.4, -0.2) is 12.6 Å². The Bertz CT molecular complexity index is 319. The quantitative estimate of drug-likeness (QED) is 0.847. The van der Waals surface area contributed by atoms with E-state index in [0.29, 0.717) is 5.92 Å². The van der Waals surface area contributed by atoms with E-state index in [-0.39, 0.29) is 12.1 Å². The average molecular weight is 233 g/mol. The molecule has 2 nitrogen and oxygen atoms in total. The first-order valence-corrected chi connectivity index (χ1v) is 6.75. The van der Waals surface area contributed by atoms with Gasteiger partial charge in [-0.05, 0) is 31.2 Å². The SMILES string of the molecule is CCOC(c1ccccc1)C(N)C1CCCC1. The van der Waals surface area contributed by atoms with Gasteiger partial charge in [-0.15, -0.1) is 0 Å². The van der Waals surface area contributed by atoms with Crippen LogP contribution in [0.15, 0.2) is 30.3 Å². The van der Waals surface area contributed by atoms with Crippen LogP contribution in [0.1, 0.15) is 44.3 Å². The first kappa shape index (κ1) is 12.6. The highest BCUT2D eigenvalue weighted by molar-refractivity contribution is 5.19. The van der Waals surface area contributed by atoms with Crippen molar-refractivity contribution in [1.29, 1.82) is 0 Å². The predicted molar refractivity (Wildman–Crippen MR) is 70.7 cm³/mol. The van der Waals surface area contributed by atoms with E-state index in [2.05, 4.69) is 24.3 Å². The van der Waals surface area contributed by atoms with Crippen molar-refractivity contribution in [3.05, 3.63) is 35.9 Å². The molecule has 1 aromatic rings. The standard InChI is InChI=1S/C15H23NO/c1-2-17-15(13-10-4-3-5-11-13)14(16)12-8-6-7-9-12/h3-5,10-12,14-15H,2,6-9,16H2,1H3. The molecule has 2 unspecified atom stereocenters. The summed E-state index contributed by atoms with van der Waals surface area (Å²) in [6, 6.07) is 10.5. The number of hydrogen-bond acceptors (Lipinski definition) is 2. The van der Waals surface area contributed by atoms with Crippen molar-refractivity contribution >= 4 is 0 Å². The fourth-order valence-corrected chi connectivity index (χ4v) is 2.84. The largest absolute Gasteiger partial charge is 0.372 e. The molecule has 2 heteroatoms. The third-order valence-electron chi connectivity index (χ3n) is 3.77. The lowest BCUT2D eigenvalue weighted by atomic mass is 9.90. The van der Waals surface area contributed by atoms with Crippen LogP contribution in [0.3, 0.4) is 0 Å². The van der Waals surface area contributed by atoms with E-state index in [0.717, 1.165) is 6.61 Å². The predicted octanol–water partition coefficient (Wildman–Crippen LogP) is 3.28. The molecule has 2 N–H and O–H groups in total. The molecule has 94 valence electrons. The van der Waals surface area contributed by atoms with Gasteiger partial charge in [0.2, 0.25) is 0 Å². The molecule has 2 rings (SSSR count). The zero-order valence-electron chi connectivity index (χ0n) is 10.6. The first-order chi connectivity index (χ1) is 8.33. The van der Waals surface area contributed by atoms with Gasteiger partial charge in [0.25, 0.3) is 0 Å². The summed E-state index contributed by atoms with van der Waals surface area (Å²) in [4.78, 5) is 0. The van der Waals surface area contributed by atoms with Gasteiger partial charge < -0.3 is 10.5 Å². The number of rotatable bonds is 5. The van der Waals surface area contributed by atoms with E-state index in [1.165, 1.54) is 31.2 Å². The molecule has 0 amide bonds. The van der Waals surface area contributed by atoms with Crippen molar-refractivity contribution in [2.45, 2.75) is 44.8 Å². The van der Waals surface area contributed by atoms with Gasteiger partial charge in [-0.2, -0.15) is 0 Å². The molecule has 0 saturated heterocycles. The van der Waals surface area contributed by atoms with Crippen LogP contribution in [0.4, 0.5) is 0 Å². The van der Waals surface area contributed by atoms with Crippen LogP contribution in [0.2, 0.25) is 0 Å². The van der Waals surface area contributed by atoms with Gasteiger partial charge >= 0.3 is 0 Å². The van der Waals surface area contributed by atoms with E-state index < -0.39 is 0 Å². The van der Waals surface area contributed by atoms with Gasteiger partial charge in [-0.1, -0.05) is 43.2 Å². The molecule has 0 bridgehead atoms. The minimum atomic E-state index is 0.0595. The van der Waals surface area contributed by atoms with Crippen LogP contribution in [0.25, 0.3) is 0 Å². The van der Waals surface area contributed by atoms with Crippen molar-refractivity contribution in [2.24, 2.45) is 11.7 Å². The third-order valence-corrected chi connectivity index (χ3v) is 3.77. The van der Waals surface area contributed by atoms with Crippen molar-refractivity contribution in [2.75, 3.05) is 6.61 Å². The highest BCUT2D eigenvalue weighted by Gasteiger charge is 2.29. The summed E-state index contributed by atoms with van der Waals surface area (Å²) >= 11 is 0.